The molecule has 0 aliphatic carbocycles. The van der Waals surface area contributed by atoms with E-state index in [2.05, 4.69) is 30.2 Å². The van der Waals surface area contributed by atoms with Crippen molar-refractivity contribution in [1.82, 2.24) is 34.1 Å². The fraction of sp³-hybridized carbons (Fsp3) is 0.538. The molecular weight excluding hydrogens is 659 g/mol. The summed E-state index contributed by atoms with van der Waals surface area (Å²) in [4.78, 5) is 45.9. The molecule has 0 aromatic carbocycles. The van der Waals surface area contributed by atoms with Crippen LogP contribution in [0.5, 0.6) is 0 Å². The Morgan fingerprint density at radius 1 is 1.11 bits per heavy atom. The van der Waals surface area contributed by atoms with Gasteiger partial charge in [0.05, 0.1) is 24.9 Å². The molecule has 8 heterocycles. The van der Waals surface area contributed by atoms with E-state index in [1.807, 2.05) is 10.8 Å². The number of carbonyl (C=O) groups excluding carboxylic acids is 1. The van der Waals surface area contributed by atoms with Crippen LogP contribution in [0.3, 0.4) is 0 Å². The maximum atomic E-state index is 13.1. The lowest BCUT2D eigenvalue weighted by Crippen LogP contribution is -2.37. The minimum Gasteiger partial charge on any atom is -0.431 e. The first-order chi connectivity index (χ1) is 22.7. The summed E-state index contributed by atoms with van der Waals surface area (Å²) < 4.78 is 38.4. The van der Waals surface area contributed by atoms with Crippen LogP contribution < -0.4 is 16.8 Å². The lowest BCUT2D eigenvalue weighted by atomic mass is 10.1. The summed E-state index contributed by atoms with van der Waals surface area (Å²) in [6.07, 6.45) is -1.59. The lowest BCUT2D eigenvalue weighted by molar-refractivity contribution is -0.0836. The number of rotatable bonds is 3. The fourth-order valence-electron chi connectivity index (χ4n) is 6.46. The van der Waals surface area contributed by atoms with Gasteiger partial charge >= 0.3 is 12.9 Å². The number of anilines is 2. The molecule has 0 saturated carbocycles. The Labute approximate surface area is 270 Å². The number of aliphatic hydroxyl groups is 1. The van der Waals surface area contributed by atoms with E-state index in [9.17, 15) is 14.8 Å². The number of cyclic esters (lactones) is 1. The van der Waals surface area contributed by atoms with Crippen LogP contribution in [0.25, 0.3) is 22.2 Å². The first kappa shape index (κ1) is 30.7. The number of hydrogen-bond donors (Lipinski definition) is 5. The molecular formula is C26H31N10O9PS. The molecule has 250 valence electrons. The molecule has 8 atom stereocenters. The van der Waals surface area contributed by atoms with Crippen LogP contribution in [0.2, 0.25) is 0 Å². The van der Waals surface area contributed by atoms with Gasteiger partial charge < -0.3 is 59.3 Å². The van der Waals surface area contributed by atoms with Gasteiger partial charge in [-0.15, -0.1) is 0 Å². The molecule has 4 aliphatic rings. The van der Waals surface area contributed by atoms with E-state index >= 15 is 0 Å². The summed E-state index contributed by atoms with van der Waals surface area (Å²) >= 11 is 5.37. The average molecular weight is 691 g/mol. The molecule has 19 nitrogen and oxygen atoms in total. The Morgan fingerprint density at radius 2 is 1.98 bits per heavy atom. The second kappa shape index (κ2) is 11.8. The standard InChI is InChI=1S/C26H31N10O9PS/c27-5-15-33-21(28)18-24(34-15)36(10-32-18)25-20-19(37)14(43-25)8-41-46(39,47)45-12-4-16(42-13(12)7-40-26(38)44-20)35-6-11-2-1-3-29-22-17(11)23(35)31-9-30-22/h6,9-10,12-14,16,19-20,25,37H,1-5,7-8,27H2,(H,39,47)(H2,28,33,34)(H,29,30,31)/t12-,13+,14+,16+,19+,20+,25+,46?/m0/s1. The molecule has 47 heavy (non-hydrogen) atoms. The summed E-state index contributed by atoms with van der Waals surface area (Å²) in [6.45, 7) is -3.85. The summed E-state index contributed by atoms with van der Waals surface area (Å²) in [6, 6.07) is 0. The second-order valence-corrected chi connectivity index (χ2v) is 14.3. The molecule has 3 fully saturated rings. The number of aliphatic hydroxyl groups excluding tert-OH is 1. The number of fused-ring (bicyclic) bond motifs is 4. The van der Waals surface area contributed by atoms with Crippen LogP contribution in [0.15, 0.2) is 18.9 Å². The Hall–Kier alpha value is -3.59. The van der Waals surface area contributed by atoms with E-state index in [4.69, 9.17) is 51.3 Å². The van der Waals surface area contributed by atoms with Crippen LogP contribution in [0.1, 0.15) is 36.7 Å². The quantitative estimate of drug-likeness (QED) is 0.144. The van der Waals surface area contributed by atoms with Gasteiger partial charge in [0.15, 0.2) is 23.8 Å². The number of nitrogens with zero attached hydrogens (tertiary/aromatic N) is 7. The van der Waals surface area contributed by atoms with Crippen molar-refractivity contribution in [1.29, 1.82) is 0 Å². The number of hydrogen-bond acceptors (Lipinski definition) is 17. The highest BCUT2D eigenvalue weighted by Crippen LogP contribution is 2.50. The normalized spacial score (nSPS) is 32.8. The minimum absolute atomic E-state index is 0.00206. The van der Waals surface area contributed by atoms with Crippen molar-refractivity contribution in [3.8, 4) is 0 Å². The molecule has 0 amide bonds. The number of imidazole rings is 1. The Kier molecular flexibility index (Phi) is 7.73. The van der Waals surface area contributed by atoms with Crippen LogP contribution in [0.4, 0.5) is 16.4 Å². The van der Waals surface area contributed by atoms with Gasteiger partial charge in [0.2, 0.25) is 0 Å². The third kappa shape index (κ3) is 5.48. The van der Waals surface area contributed by atoms with E-state index in [0.29, 0.717) is 5.65 Å². The molecule has 4 aliphatic heterocycles. The van der Waals surface area contributed by atoms with Crippen molar-refractivity contribution in [3.05, 3.63) is 30.2 Å². The number of ether oxygens (including phenoxy) is 4. The summed E-state index contributed by atoms with van der Waals surface area (Å²) in [7, 11) is 0. The van der Waals surface area contributed by atoms with Crippen molar-refractivity contribution in [2.45, 2.75) is 68.8 Å². The Bertz CT molecular complexity index is 1910. The zero-order chi connectivity index (χ0) is 32.4. The first-order valence-corrected chi connectivity index (χ1v) is 17.5. The van der Waals surface area contributed by atoms with Crippen LogP contribution in [0, 0.1) is 0 Å². The summed E-state index contributed by atoms with van der Waals surface area (Å²) in [5.74, 6) is 1.08. The molecule has 8 rings (SSSR count). The summed E-state index contributed by atoms with van der Waals surface area (Å²) in [5, 5.41) is 15.4. The maximum Gasteiger partial charge on any atom is 0.508 e. The van der Waals surface area contributed by atoms with Gasteiger partial charge in [-0.2, -0.15) is 0 Å². The molecule has 0 radical (unpaired) electrons. The largest absolute Gasteiger partial charge is 0.508 e. The first-order valence-electron chi connectivity index (χ1n) is 14.9. The molecule has 4 aromatic heterocycles. The van der Waals surface area contributed by atoms with E-state index in [-0.39, 0.29) is 42.4 Å². The van der Waals surface area contributed by atoms with Crippen molar-refractivity contribution >= 4 is 58.5 Å². The number of aryl methyl sites for hydroxylation is 1. The summed E-state index contributed by atoms with van der Waals surface area (Å²) in [5.41, 5.74) is 14.0. The molecule has 0 spiro atoms. The molecule has 21 heteroatoms. The van der Waals surface area contributed by atoms with Gasteiger partial charge in [0.1, 0.15) is 66.4 Å². The van der Waals surface area contributed by atoms with E-state index in [1.54, 1.807) is 0 Å². The number of aromatic nitrogens is 7. The van der Waals surface area contributed by atoms with Gasteiger partial charge in [-0.25, -0.2) is 29.7 Å². The zero-order valence-corrected chi connectivity index (χ0v) is 26.3. The van der Waals surface area contributed by atoms with E-state index in [1.165, 1.54) is 17.2 Å². The van der Waals surface area contributed by atoms with Gasteiger partial charge in [0, 0.05) is 19.2 Å². The van der Waals surface area contributed by atoms with Crippen molar-refractivity contribution in [3.63, 3.8) is 0 Å². The number of nitrogen functional groups attached to an aromatic ring is 1. The van der Waals surface area contributed by atoms with Gasteiger partial charge in [-0.3, -0.25) is 4.57 Å². The number of nitrogens with two attached hydrogens (primary N) is 2. The van der Waals surface area contributed by atoms with Gasteiger partial charge in [-0.05, 0) is 30.2 Å². The van der Waals surface area contributed by atoms with E-state index < -0.39 is 62.5 Å². The highest BCUT2D eigenvalue weighted by molar-refractivity contribution is 8.07. The third-order valence-electron chi connectivity index (χ3n) is 8.63. The Balaban J connectivity index is 1.07. The lowest BCUT2D eigenvalue weighted by Gasteiger charge is -2.25. The third-order valence-corrected chi connectivity index (χ3v) is 10.2. The SMILES string of the molecule is NCc1nc(N)c2ncn([C@@H]3O[C@@H]4COP(O)(=S)O[C@H]5C[C@H](n6cc7c8c(ncnc86)NCCC7)O[C@@H]5COC(=O)O[C@@H]3[C@@H]4O)c2n1. The predicted molar refractivity (Wildman–Crippen MR) is 164 cm³/mol. The molecule has 7 N–H and O–H groups in total. The molecule has 3 saturated heterocycles. The topological polar surface area (TPSA) is 251 Å². The maximum absolute atomic E-state index is 13.1. The van der Waals surface area contributed by atoms with Crippen molar-refractivity contribution in [2.24, 2.45) is 5.73 Å². The van der Waals surface area contributed by atoms with Crippen molar-refractivity contribution < 1.29 is 42.8 Å². The van der Waals surface area contributed by atoms with Gasteiger partial charge in [0.25, 0.3) is 0 Å². The van der Waals surface area contributed by atoms with Crippen LogP contribution >= 0.6 is 6.72 Å². The smallest absolute Gasteiger partial charge is 0.431 e. The monoisotopic (exact) mass is 690 g/mol. The highest BCUT2D eigenvalue weighted by atomic mass is 32.5. The minimum atomic E-state index is -3.94. The average Bonchev–Trinajstić information content (AvgIpc) is 3.78. The second-order valence-electron chi connectivity index (χ2n) is 11.5. The highest BCUT2D eigenvalue weighted by Gasteiger charge is 2.50. The Morgan fingerprint density at radius 3 is 2.83 bits per heavy atom. The molecule has 1 unspecified atom stereocenters. The molecule has 4 aromatic rings. The number of nitrogens with one attached hydrogen (secondary N) is 1. The van der Waals surface area contributed by atoms with Gasteiger partial charge in [-0.1, -0.05) is 0 Å². The van der Waals surface area contributed by atoms with E-state index in [0.717, 1.165) is 36.2 Å². The van der Waals surface area contributed by atoms with Crippen LogP contribution in [-0.4, -0.2) is 100 Å². The molecule has 2 bridgehead atoms. The zero-order valence-electron chi connectivity index (χ0n) is 24.6. The van der Waals surface area contributed by atoms with Crippen molar-refractivity contribution in [2.75, 3.05) is 30.8 Å². The number of carbonyl (C=O) groups is 1. The fourth-order valence-corrected chi connectivity index (χ4v) is 7.93. The predicted octanol–water partition coefficient (Wildman–Crippen LogP) is 0.370. The van der Waals surface area contributed by atoms with Crippen LogP contribution in [-0.2, 0) is 52.8 Å².